The number of alkyl halides is 1. The van der Waals surface area contributed by atoms with E-state index in [9.17, 15) is 9.59 Å². The van der Waals surface area contributed by atoms with Gasteiger partial charge < -0.3 is 9.80 Å². The Morgan fingerprint density at radius 2 is 1.63 bits per heavy atom. The van der Waals surface area contributed by atoms with Crippen LogP contribution in [0.15, 0.2) is 0 Å². The Balaban J connectivity index is 2.01. The Hall–Kier alpha value is -0.580. The molecule has 0 radical (unpaired) electrons. The number of carbonyl (C=O) groups excluding carboxylic acids is 2. The maximum absolute atomic E-state index is 12.2. The van der Waals surface area contributed by atoms with Crippen molar-refractivity contribution in [3.8, 4) is 0 Å². The Labute approximate surface area is 123 Å². The molecule has 5 heteroatoms. The van der Waals surface area contributed by atoms with Crippen LogP contribution in [-0.4, -0.2) is 53.1 Å². The first-order chi connectivity index (χ1) is 9.10. The number of halogens is 1. The third-order valence-electron chi connectivity index (χ3n) is 4.46. The minimum absolute atomic E-state index is 0.0858. The van der Waals surface area contributed by atoms with E-state index in [-0.39, 0.29) is 30.3 Å². The molecule has 0 unspecified atom stereocenters. The number of piperazine rings is 1. The molecule has 0 atom stereocenters. The molecule has 0 N–H and O–H groups in total. The molecule has 0 spiro atoms. The minimum atomic E-state index is 0.0858. The molecule has 0 bridgehead atoms. The van der Waals surface area contributed by atoms with Gasteiger partial charge in [-0.25, -0.2) is 0 Å². The van der Waals surface area contributed by atoms with Gasteiger partial charge in [0.1, 0.15) is 0 Å². The molecule has 2 rings (SSSR count). The van der Waals surface area contributed by atoms with Crippen LogP contribution >= 0.6 is 15.9 Å². The zero-order valence-corrected chi connectivity index (χ0v) is 13.2. The summed E-state index contributed by atoms with van der Waals surface area (Å²) in [5.41, 5.74) is 0.183. The SMILES string of the molecule is CCN1CC(=O)N(CC2(CBr)CCCCC2)CC1=O. The maximum atomic E-state index is 12.2. The molecular weight excluding hydrogens is 308 g/mol. The Morgan fingerprint density at radius 1 is 1.05 bits per heavy atom. The van der Waals surface area contributed by atoms with Gasteiger partial charge in [-0.2, -0.15) is 0 Å². The molecule has 1 saturated heterocycles. The third kappa shape index (κ3) is 3.30. The van der Waals surface area contributed by atoms with Crippen molar-refractivity contribution in [1.82, 2.24) is 9.80 Å². The van der Waals surface area contributed by atoms with E-state index in [1.165, 1.54) is 19.3 Å². The second-order valence-electron chi connectivity index (χ2n) is 5.85. The first kappa shape index (κ1) is 14.8. The molecule has 2 aliphatic rings. The fraction of sp³-hybridized carbons (Fsp3) is 0.857. The van der Waals surface area contributed by atoms with E-state index >= 15 is 0 Å². The lowest BCUT2D eigenvalue weighted by atomic mass is 9.75. The van der Waals surface area contributed by atoms with Gasteiger partial charge >= 0.3 is 0 Å². The van der Waals surface area contributed by atoms with Crippen LogP contribution in [0, 0.1) is 5.41 Å². The molecule has 0 aromatic rings. The molecule has 108 valence electrons. The summed E-state index contributed by atoms with van der Waals surface area (Å²) in [6, 6.07) is 0. The third-order valence-corrected chi connectivity index (χ3v) is 5.65. The molecule has 2 amide bonds. The van der Waals surface area contributed by atoms with E-state index in [2.05, 4.69) is 15.9 Å². The number of carbonyl (C=O) groups is 2. The summed E-state index contributed by atoms with van der Waals surface area (Å²) in [5.74, 6) is 0.190. The number of amides is 2. The zero-order valence-electron chi connectivity index (χ0n) is 11.7. The van der Waals surface area contributed by atoms with Gasteiger partial charge in [0.15, 0.2) is 0 Å². The largest absolute Gasteiger partial charge is 0.332 e. The molecule has 0 aromatic heterocycles. The van der Waals surface area contributed by atoms with E-state index in [1.54, 1.807) is 9.80 Å². The summed E-state index contributed by atoms with van der Waals surface area (Å²) < 4.78 is 0. The smallest absolute Gasteiger partial charge is 0.242 e. The van der Waals surface area contributed by atoms with Crippen LogP contribution < -0.4 is 0 Å². The second kappa shape index (κ2) is 6.25. The fourth-order valence-electron chi connectivity index (χ4n) is 3.18. The van der Waals surface area contributed by atoms with Crippen molar-refractivity contribution in [3.05, 3.63) is 0 Å². The Morgan fingerprint density at radius 3 is 2.21 bits per heavy atom. The topological polar surface area (TPSA) is 40.6 Å². The van der Waals surface area contributed by atoms with Crippen molar-refractivity contribution in [3.63, 3.8) is 0 Å². The average molecular weight is 331 g/mol. The minimum Gasteiger partial charge on any atom is -0.332 e. The maximum Gasteiger partial charge on any atom is 0.242 e. The average Bonchev–Trinajstić information content (AvgIpc) is 2.43. The summed E-state index contributed by atoms with van der Waals surface area (Å²) in [5, 5.41) is 0.926. The van der Waals surface area contributed by atoms with Crippen LogP contribution in [0.25, 0.3) is 0 Å². The van der Waals surface area contributed by atoms with Crippen LogP contribution in [-0.2, 0) is 9.59 Å². The van der Waals surface area contributed by atoms with Gasteiger partial charge in [0, 0.05) is 18.4 Å². The molecule has 2 fully saturated rings. The number of hydrogen-bond donors (Lipinski definition) is 0. The van der Waals surface area contributed by atoms with E-state index in [0.29, 0.717) is 6.54 Å². The van der Waals surface area contributed by atoms with Gasteiger partial charge in [0.05, 0.1) is 13.1 Å². The van der Waals surface area contributed by atoms with Crippen molar-refractivity contribution in [2.24, 2.45) is 5.41 Å². The molecule has 4 nitrogen and oxygen atoms in total. The Kier molecular flexibility index (Phi) is 4.87. The van der Waals surface area contributed by atoms with Crippen LogP contribution in [0.5, 0.6) is 0 Å². The van der Waals surface area contributed by atoms with E-state index in [4.69, 9.17) is 0 Å². The number of hydrogen-bond acceptors (Lipinski definition) is 2. The summed E-state index contributed by atoms with van der Waals surface area (Å²) in [6.07, 6.45) is 6.10. The highest BCUT2D eigenvalue weighted by Gasteiger charge is 2.37. The number of rotatable bonds is 4. The molecule has 0 aromatic carbocycles. The number of likely N-dealkylation sites (N-methyl/N-ethyl adjacent to an activating group) is 1. The molecule has 1 aliphatic heterocycles. The summed E-state index contributed by atoms with van der Waals surface area (Å²) in [7, 11) is 0. The molecule has 1 aliphatic carbocycles. The van der Waals surface area contributed by atoms with Gasteiger partial charge in [-0.15, -0.1) is 0 Å². The normalized spacial score (nSPS) is 23.9. The van der Waals surface area contributed by atoms with E-state index in [1.807, 2.05) is 6.92 Å². The van der Waals surface area contributed by atoms with Crippen molar-refractivity contribution in [1.29, 1.82) is 0 Å². The fourth-order valence-corrected chi connectivity index (χ4v) is 3.91. The van der Waals surface area contributed by atoms with Gasteiger partial charge in [-0.3, -0.25) is 9.59 Å². The van der Waals surface area contributed by atoms with E-state index < -0.39 is 0 Å². The van der Waals surface area contributed by atoms with Crippen molar-refractivity contribution >= 4 is 27.7 Å². The molecule has 1 saturated carbocycles. The predicted molar refractivity (Wildman–Crippen MR) is 78.1 cm³/mol. The van der Waals surface area contributed by atoms with Crippen LogP contribution in [0.3, 0.4) is 0 Å². The lowest BCUT2D eigenvalue weighted by molar-refractivity contribution is -0.151. The quantitative estimate of drug-likeness (QED) is 0.740. The highest BCUT2D eigenvalue weighted by molar-refractivity contribution is 9.09. The molecule has 1 heterocycles. The van der Waals surface area contributed by atoms with Crippen molar-refractivity contribution < 1.29 is 9.59 Å². The first-order valence-corrected chi connectivity index (χ1v) is 8.34. The van der Waals surface area contributed by atoms with Crippen molar-refractivity contribution in [2.45, 2.75) is 39.0 Å². The van der Waals surface area contributed by atoms with Gasteiger partial charge in [0.25, 0.3) is 0 Å². The molecular formula is C14H23BrN2O2. The standard InChI is InChI=1S/C14H23BrN2O2/c1-2-16-8-13(19)17(9-12(16)18)11-14(10-15)6-4-3-5-7-14/h2-11H2,1H3. The predicted octanol–water partition coefficient (Wildman–Crippen LogP) is 2.02. The highest BCUT2D eigenvalue weighted by atomic mass is 79.9. The first-order valence-electron chi connectivity index (χ1n) is 7.22. The van der Waals surface area contributed by atoms with Gasteiger partial charge in [-0.05, 0) is 25.2 Å². The monoisotopic (exact) mass is 330 g/mol. The zero-order chi connectivity index (χ0) is 13.9. The summed E-state index contributed by atoms with van der Waals surface area (Å²) >= 11 is 3.62. The van der Waals surface area contributed by atoms with Crippen LogP contribution in [0.4, 0.5) is 0 Å². The van der Waals surface area contributed by atoms with Crippen LogP contribution in [0.1, 0.15) is 39.0 Å². The van der Waals surface area contributed by atoms with Gasteiger partial charge in [0.2, 0.25) is 11.8 Å². The molecule has 19 heavy (non-hydrogen) atoms. The number of nitrogens with zero attached hydrogens (tertiary/aromatic N) is 2. The Bertz CT molecular complexity index is 353. The van der Waals surface area contributed by atoms with Crippen LogP contribution in [0.2, 0.25) is 0 Å². The van der Waals surface area contributed by atoms with Gasteiger partial charge in [-0.1, -0.05) is 35.2 Å². The lowest BCUT2D eigenvalue weighted by Crippen LogP contribution is -2.56. The summed E-state index contributed by atoms with van der Waals surface area (Å²) in [6.45, 7) is 3.81. The second-order valence-corrected chi connectivity index (χ2v) is 6.41. The van der Waals surface area contributed by atoms with Crippen molar-refractivity contribution in [2.75, 3.05) is 31.5 Å². The lowest BCUT2D eigenvalue weighted by Gasteiger charge is -2.42. The summed E-state index contributed by atoms with van der Waals surface area (Å²) in [4.78, 5) is 27.5. The highest BCUT2D eigenvalue weighted by Crippen LogP contribution is 2.38. The van der Waals surface area contributed by atoms with E-state index in [0.717, 1.165) is 24.7 Å².